The number of anilines is 10. The van der Waals surface area contributed by atoms with Crippen LogP contribution in [-0.2, 0) is 66.4 Å². The zero-order chi connectivity index (χ0) is 109. The van der Waals surface area contributed by atoms with Gasteiger partial charge >= 0.3 is 0 Å². The average molecular weight is 2080 g/mol. The third-order valence-electron chi connectivity index (χ3n) is 28.9. The molecule has 17 heterocycles. The van der Waals surface area contributed by atoms with Gasteiger partial charge in [0.05, 0.1) is 130 Å². The molecule has 19 rings (SSSR count). The van der Waals surface area contributed by atoms with Crippen molar-refractivity contribution >= 4 is 70.5 Å². The number of hydrogen-bond donors (Lipinski definition) is 8. The molecule has 2 amide bonds. The fourth-order valence-corrected chi connectivity index (χ4v) is 17.7. The molecule has 12 aliphatic rings. The molecule has 37 nitrogen and oxygen atoms in total. The topological polar surface area (TPSA) is 387 Å². The summed E-state index contributed by atoms with van der Waals surface area (Å²) < 4.78 is 26.7. The highest BCUT2D eigenvalue weighted by Gasteiger charge is 2.39. The van der Waals surface area contributed by atoms with E-state index in [0.717, 1.165) is 295 Å². The number of ether oxygens (including phenoxy) is 5. The van der Waals surface area contributed by atoms with Crippen molar-refractivity contribution in [1.29, 1.82) is 0 Å². The number of rotatable bonds is 24. The van der Waals surface area contributed by atoms with Crippen LogP contribution in [0.15, 0.2) is 61.1 Å². The molecule has 37 heteroatoms. The number of piperidine rings is 1. The molecule has 0 radical (unpaired) electrons. The number of likely N-dealkylation sites (N-methyl/N-ethyl adjacent to an activating group) is 2. The Kier molecular flexibility index (Phi) is 39.8. The van der Waals surface area contributed by atoms with Crippen LogP contribution in [0.25, 0.3) is 0 Å². The molecule has 7 aromatic heterocycles. The minimum atomic E-state index is -0.0217. The highest BCUT2D eigenvalue weighted by atomic mass is 16.5. The lowest BCUT2D eigenvalue weighted by atomic mass is 9.88. The second kappa shape index (κ2) is 50.9. The Balaban J connectivity index is 0.000000146. The minimum Gasteiger partial charge on any atom is -0.470 e. The van der Waals surface area contributed by atoms with Gasteiger partial charge in [-0.25, -0.2) is 44.9 Å². The minimum absolute atomic E-state index is 0.00251. The number of nitrogens with zero attached hydrogens (tertiary/aromatic N) is 22. The molecular weight excluding hydrogens is 1890 g/mol. The number of carbonyl (C=O) groups is 2. The van der Waals surface area contributed by atoms with Crippen molar-refractivity contribution < 1.29 is 33.3 Å². The van der Waals surface area contributed by atoms with E-state index >= 15 is 0 Å². The first-order valence-corrected chi connectivity index (χ1v) is 55.6. The third kappa shape index (κ3) is 35.3. The van der Waals surface area contributed by atoms with Crippen LogP contribution < -0.4 is 67.3 Å². The maximum Gasteiger partial charge on any atom is 0.227 e. The summed E-state index contributed by atoms with van der Waals surface area (Å²) in [6.07, 6.45) is 10.2. The number of hydrogen-bond acceptors (Lipinski definition) is 35. The van der Waals surface area contributed by atoms with Gasteiger partial charge in [0.1, 0.15) is 53.2 Å². The zero-order valence-corrected chi connectivity index (χ0v) is 96.6. The summed E-state index contributed by atoms with van der Waals surface area (Å²) in [5.74, 6) is 11.9. The molecule has 10 saturated heterocycles. The Bertz CT molecular complexity index is 5420. The summed E-state index contributed by atoms with van der Waals surface area (Å²) in [5.41, 5.74) is 13.7. The lowest BCUT2D eigenvalue weighted by molar-refractivity contribution is -0.137. The molecule has 7 aromatic rings. The van der Waals surface area contributed by atoms with Crippen LogP contribution >= 0.6 is 0 Å². The normalized spacial score (nSPS) is 19.3. The van der Waals surface area contributed by atoms with Gasteiger partial charge in [-0.05, 0) is 103 Å². The van der Waals surface area contributed by atoms with E-state index in [2.05, 4.69) is 331 Å². The van der Waals surface area contributed by atoms with E-state index in [1.54, 1.807) is 11.8 Å². The quantitative estimate of drug-likeness (QED) is 0.0278. The number of aromatic nitrogens is 13. The van der Waals surface area contributed by atoms with E-state index in [1.807, 2.05) is 24.2 Å². The molecule has 2 saturated carbocycles. The van der Waals surface area contributed by atoms with E-state index in [0.29, 0.717) is 85.6 Å². The van der Waals surface area contributed by atoms with Crippen molar-refractivity contribution in [2.24, 2.45) is 11.7 Å². The summed E-state index contributed by atoms with van der Waals surface area (Å²) in [6.45, 7) is 86.9. The zero-order valence-electron chi connectivity index (χ0n) is 96.6. The largest absolute Gasteiger partial charge is 0.470 e. The van der Waals surface area contributed by atoms with Crippen LogP contribution in [0.1, 0.15) is 284 Å². The van der Waals surface area contributed by atoms with E-state index in [1.165, 1.54) is 24.7 Å². The van der Waals surface area contributed by atoms with Gasteiger partial charge in [-0.3, -0.25) is 19.4 Å². The van der Waals surface area contributed by atoms with Crippen LogP contribution in [0.5, 0.6) is 5.88 Å². The molecule has 0 spiro atoms. The van der Waals surface area contributed by atoms with Gasteiger partial charge in [0.15, 0.2) is 0 Å². The number of nitrogens with two attached hydrogens (primary N) is 1. The van der Waals surface area contributed by atoms with Crippen LogP contribution in [-0.4, -0.2) is 352 Å². The van der Waals surface area contributed by atoms with Crippen molar-refractivity contribution in [2.45, 2.75) is 330 Å². The number of piperazine rings is 3. The molecule has 0 atom stereocenters. The second-order valence-electron chi connectivity index (χ2n) is 51.0. The van der Waals surface area contributed by atoms with Crippen molar-refractivity contribution in [3.8, 4) is 5.88 Å². The fourth-order valence-electron chi connectivity index (χ4n) is 17.7. The van der Waals surface area contributed by atoms with Crippen molar-refractivity contribution in [2.75, 3.05) is 249 Å². The molecule has 0 unspecified atom stereocenters. The van der Waals surface area contributed by atoms with E-state index in [-0.39, 0.29) is 55.5 Å². The van der Waals surface area contributed by atoms with Crippen LogP contribution in [0.4, 0.5) is 58.7 Å². The van der Waals surface area contributed by atoms with Crippen molar-refractivity contribution in [3.63, 3.8) is 0 Å². The molecule has 12 fully saturated rings. The van der Waals surface area contributed by atoms with E-state index < -0.39 is 0 Å². The lowest BCUT2D eigenvalue weighted by Crippen LogP contribution is -2.55. The van der Waals surface area contributed by atoms with Crippen molar-refractivity contribution in [1.82, 2.24) is 94.6 Å². The predicted octanol–water partition coefficient (Wildman–Crippen LogP) is 13.9. The van der Waals surface area contributed by atoms with Gasteiger partial charge in [-0.2, -0.15) is 19.9 Å². The molecule has 0 aromatic carbocycles. The maximum atomic E-state index is 12.1. The summed E-state index contributed by atoms with van der Waals surface area (Å²) in [7, 11) is 1.98. The summed E-state index contributed by atoms with van der Waals surface area (Å²) in [4.78, 5) is 104. The number of likely N-dealkylation sites (tertiary alicyclic amines) is 2. The molecule has 0 bridgehead atoms. The highest BCUT2D eigenvalue weighted by molar-refractivity contribution is 5.81. The van der Waals surface area contributed by atoms with Gasteiger partial charge in [0.2, 0.25) is 41.5 Å². The van der Waals surface area contributed by atoms with Gasteiger partial charge in [0.25, 0.3) is 0 Å². The monoisotopic (exact) mass is 2080 g/mol. The predicted molar refractivity (Wildman–Crippen MR) is 604 cm³/mol. The highest BCUT2D eigenvalue weighted by Crippen LogP contribution is 2.41. The summed E-state index contributed by atoms with van der Waals surface area (Å²) >= 11 is 0. The first-order chi connectivity index (χ1) is 70.6. The first kappa shape index (κ1) is 117. The summed E-state index contributed by atoms with van der Waals surface area (Å²) in [5, 5.41) is 24.1. The van der Waals surface area contributed by atoms with Crippen LogP contribution in [0.2, 0.25) is 0 Å². The number of carbonyl (C=O) groups excluding carboxylic acids is 2. The van der Waals surface area contributed by atoms with Gasteiger partial charge < -0.3 is 101 Å². The Labute approximate surface area is 896 Å². The van der Waals surface area contributed by atoms with E-state index in [9.17, 15) is 9.59 Å². The summed E-state index contributed by atoms with van der Waals surface area (Å²) in [6, 6.07) is 19.5. The molecule has 9 N–H and O–H groups in total. The van der Waals surface area contributed by atoms with Crippen molar-refractivity contribution in [3.05, 3.63) is 107 Å². The molecule has 150 heavy (non-hydrogen) atoms. The smallest absolute Gasteiger partial charge is 0.227 e. The fraction of sp³-hybridized carbons (Fsp3) is 0.726. The van der Waals surface area contributed by atoms with Gasteiger partial charge in [-0.15, -0.1) is 0 Å². The Morgan fingerprint density at radius 1 is 0.433 bits per heavy atom. The van der Waals surface area contributed by atoms with Crippen LogP contribution in [0.3, 0.4) is 0 Å². The molecule has 10 aliphatic heterocycles. The average Bonchev–Trinajstić information content (AvgIpc) is 1.51. The first-order valence-electron chi connectivity index (χ1n) is 55.6. The van der Waals surface area contributed by atoms with E-state index in [4.69, 9.17) is 64.3 Å². The molecular formula is C113H186N30O7. The Hall–Kier alpha value is -9.99. The SMILES string of the molecule is CC(=O)N1CC(Oc2cc(C(C)(C)C)ncn2)C1.CC(C)(C)c1cc(NC2COC2)nc(C2CC2)n1.CC(C)(C)c1cc(NC2COC2)nc(N2CCN(C(C)(C)C)CC2)n1.CC(C)(C)c1ccnc(NC2CCN(C(=O)C3CC3)CC2)c1.CC(C)N1CCN(c2nc(NC3COC3)cc(C(C)(C)C)n2)CC1.CCN1CCN(c2nc(NC3COC3)cc(C(C)(C)C)n2)CC1.CN(CCN)c1nc(NC2CNC2)cc(C(C)(C)C)n1. The van der Waals surface area contributed by atoms with Gasteiger partial charge in [-0.1, -0.05) is 152 Å². The molecule has 2 aliphatic carbocycles. The number of amides is 2. The number of nitrogens with one attached hydrogen (secondary N) is 7. The Morgan fingerprint density at radius 3 is 1.21 bits per heavy atom. The second-order valence-corrected chi connectivity index (χ2v) is 51.0. The maximum absolute atomic E-state index is 12.1. The van der Waals surface area contributed by atoms with Gasteiger partial charge in [0, 0.05) is 236 Å². The molecule has 830 valence electrons. The Morgan fingerprint density at radius 2 is 0.840 bits per heavy atom. The standard InChI is InChI=1S/C19H33N5O.C18H31N5O.C18H27N3O.C17H29N5O.C14H26N6.C14H21N3O.C13H19N3O2/c1-18(2,3)15-11-16(20-14-12-25-13-14)22-17(21-15)23-7-9-24(10-8-23)19(4,5)6;1-13(2)22-6-8-23(9-7-22)17-20-15(18(3,4)5)10-16(21-17)19-14-11-24-12-14;1-18(2,3)14-6-9-19-16(12-14)20-15-7-10-21(11-8-15)17(22)13-4-5-13;1-5-21-6-8-22(9-7-21)16-19-14(17(2,3)4)10-15(20-16)18-13-11-23-12-13;1-14(2,3)11-7-12(17-10-8-16-9-10)19-13(18-11)20(4)6-5-15;1-14(2,3)11-6-12(15-10-7-18-8-10)17-13(16-11)9-4-5-9;1-9(17)16-6-10(7-16)18-12-5-11(13(2,3)4)14-8-15-12/h11,14H,7-10,12-13H2,1-6H3,(H,20,21,22);10,13-14H,6-9,11-12H2,1-5H3,(H,19,20,21);6,9,12-13,15H,4-5,7-8,10-11H2,1-3H3,(H,19,20);10,13H,5-9,11-12H2,1-4H3,(H,18,19,20);7,10,16H,5-6,8-9,15H2,1-4H3,(H,17,18,19);6,9-10H,4-5,7-8H2,1-3H3,(H,15,16,17);5,8,10H,6-7H2,1-4H3. The lowest BCUT2D eigenvalue weighted by Gasteiger charge is -2.42. The third-order valence-corrected chi connectivity index (χ3v) is 28.9. The number of pyridine rings is 1. The van der Waals surface area contributed by atoms with Crippen LogP contribution in [0, 0.1) is 5.92 Å².